The first-order valence-electron chi connectivity index (χ1n) is 9.27. The van der Waals surface area contributed by atoms with Crippen LogP contribution in [-0.2, 0) is 11.2 Å². The number of alkyl halides is 3. The Morgan fingerprint density at radius 1 is 1.00 bits per heavy atom. The standard InChI is InChI=1S/C21H19F3N4O3/c22-21(23,24)31-16-8-4-7-15(11-16)17-12-18(28-20(27-17)26-13-19(29)30)25-10-9-14-5-2-1-3-6-14/h1-8,11-12H,9-10,13H2,(H,29,30)(H2,25,26,27,28). The van der Waals surface area contributed by atoms with Crippen LogP contribution in [0, 0.1) is 0 Å². The minimum absolute atomic E-state index is 0.0317. The molecule has 0 saturated carbocycles. The van der Waals surface area contributed by atoms with E-state index in [1.54, 1.807) is 12.1 Å². The number of hydrogen-bond donors (Lipinski definition) is 3. The summed E-state index contributed by atoms with van der Waals surface area (Å²) >= 11 is 0. The predicted molar refractivity (Wildman–Crippen MR) is 109 cm³/mol. The number of carboxylic acids is 1. The Labute approximate surface area is 175 Å². The Morgan fingerprint density at radius 3 is 2.48 bits per heavy atom. The van der Waals surface area contributed by atoms with E-state index in [2.05, 4.69) is 25.3 Å². The van der Waals surface area contributed by atoms with Crippen molar-refractivity contribution in [1.29, 1.82) is 0 Å². The molecule has 0 atom stereocenters. The molecule has 7 nitrogen and oxygen atoms in total. The number of aromatic nitrogens is 2. The van der Waals surface area contributed by atoms with Gasteiger partial charge in [0.2, 0.25) is 5.95 Å². The molecule has 0 saturated heterocycles. The molecule has 3 rings (SSSR count). The lowest BCUT2D eigenvalue weighted by molar-refractivity contribution is -0.274. The second-order valence-corrected chi connectivity index (χ2v) is 6.45. The maximum absolute atomic E-state index is 12.5. The van der Waals surface area contributed by atoms with Crippen molar-refractivity contribution in [3.63, 3.8) is 0 Å². The van der Waals surface area contributed by atoms with E-state index in [0.29, 0.717) is 30.0 Å². The van der Waals surface area contributed by atoms with Crippen molar-refractivity contribution in [1.82, 2.24) is 9.97 Å². The molecule has 1 aromatic heterocycles. The van der Waals surface area contributed by atoms with E-state index in [4.69, 9.17) is 5.11 Å². The lowest BCUT2D eigenvalue weighted by atomic mass is 10.1. The first-order chi connectivity index (χ1) is 14.8. The molecule has 0 bridgehead atoms. The van der Waals surface area contributed by atoms with Gasteiger partial charge in [-0.15, -0.1) is 13.2 Å². The third-order valence-corrected chi connectivity index (χ3v) is 4.05. The fourth-order valence-electron chi connectivity index (χ4n) is 2.75. The van der Waals surface area contributed by atoms with E-state index in [0.717, 1.165) is 5.56 Å². The van der Waals surface area contributed by atoms with E-state index in [1.807, 2.05) is 30.3 Å². The molecule has 0 aliphatic rings. The molecular formula is C21H19F3N4O3. The minimum atomic E-state index is -4.82. The topological polar surface area (TPSA) is 96.4 Å². The minimum Gasteiger partial charge on any atom is -0.480 e. The number of carboxylic acid groups (broad SMARTS) is 1. The van der Waals surface area contributed by atoms with E-state index in [-0.39, 0.29) is 11.7 Å². The first kappa shape index (κ1) is 21.9. The molecule has 0 unspecified atom stereocenters. The van der Waals surface area contributed by atoms with Gasteiger partial charge in [0, 0.05) is 18.2 Å². The normalized spacial score (nSPS) is 11.1. The number of nitrogens with one attached hydrogen (secondary N) is 2. The van der Waals surface area contributed by atoms with Gasteiger partial charge in [-0.2, -0.15) is 4.98 Å². The monoisotopic (exact) mass is 432 g/mol. The van der Waals surface area contributed by atoms with Crippen molar-refractivity contribution in [3.05, 3.63) is 66.2 Å². The van der Waals surface area contributed by atoms with Gasteiger partial charge in [0.1, 0.15) is 18.1 Å². The quantitative estimate of drug-likeness (QED) is 0.467. The Kier molecular flexibility index (Phi) is 6.91. The number of anilines is 2. The lowest BCUT2D eigenvalue weighted by Gasteiger charge is -2.12. The molecule has 162 valence electrons. The number of nitrogens with zero attached hydrogens (tertiary/aromatic N) is 2. The Bertz CT molecular complexity index is 1030. The van der Waals surface area contributed by atoms with Crippen molar-refractivity contribution in [3.8, 4) is 17.0 Å². The Balaban J connectivity index is 1.83. The summed E-state index contributed by atoms with van der Waals surface area (Å²) in [4.78, 5) is 19.3. The van der Waals surface area contributed by atoms with E-state index in [9.17, 15) is 18.0 Å². The van der Waals surface area contributed by atoms with Crippen LogP contribution >= 0.6 is 0 Å². The summed E-state index contributed by atoms with van der Waals surface area (Å²) in [6.07, 6.45) is -4.10. The third kappa shape index (κ3) is 7.18. The zero-order valence-electron chi connectivity index (χ0n) is 16.2. The Hall–Kier alpha value is -3.82. The summed E-state index contributed by atoms with van der Waals surface area (Å²) in [5, 5.41) is 14.6. The maximum atomic E-state index is 12.5. The van der Waals surface area contributed by atoms with E-state index >= 15 is 0 Å². The average Bonchev–Trinajstić information content (AvgIpc) is 2.72. The van der Waals surface area contributed by atoms with Crippen LogP contribution in [0.2, 0.25) is 0 Å². The molecular weight excluding hydrogens is 413 g/mol. The van der Waals surface area contributed by atoms with Gasteiger partial charge in [0.05, 0.1) is 5.69 Å². The van der Waals surface area contributed by atoms with Crippen LogP contribution in [0.3, 0.4) is 0 Å². The second kappa shape index (κ2) is 9.79. The Morgan fingerprint density at radius 2 is 1.77 bits per heavy atom. The van der Waals surface area contributed by atoms with Crippen LogP contribution in [0.15, 0.2) is 60.7 Å². The highest BCUT2D eigenvalue weighted by molar-refractivity contribution is 5.72. The molecule has 1 heterocycles. The highest BCUT2D eigenvalue weighted by Gasteiger charge is 2.31. The van der Waals surface area contributed by atoms with Crippen LogP contribution in [-0.4, -0.2) is 40.5 Å². The number of halogens is 3. The number of rotatable bonds is 9. The van der Waals surface area contributed by atoms with Crippen molar-refractivity contribution >= 4 is 17.7 Å². The van der Waals surface area contributed by atoms with Gasteiger partial charge in [-0.25, -0.2) is 4.98 Å². The molecule has 0 spiro atoms. The molecule has 3 N–H and O–H groups in total. The van der Waals surface area contributed by atoms with Gasteiger partial charge in [-0.05, 0) is 24.1 Å². The number of benzene rings is 2. The maximum Gasteiger partial charge on any atom is 0.573 e. The zero-order valence-corrected chi connectivity index (χ0v) is 16.2. The number of hydrogen-bond acceptors (Lipinski definition) is 6. The average molecular weight is 432 g/mol. The first-order valence-corrected chi connectivity index (χ1v) is 9.27. The largest absolute Gasteiger partial charge is 0.573 e. The molecule has 10 heteroatoms. The van der Waals surface area contributed by atoms with Crippen LogP contribution in [0.5, 0.6) is 5.75 Å². The molecule has 3 aromatic rings. The third-order valence-electron chi connectivity index (χ3n) is 4.05. The molecule has 0 aliphatic carbocycles. The van der Waals surface area contributed by atoms with Crippen LogP contribution in [0.4, 0.5) is 24.9 Å². The van der Waals surface area contributed by atoms with Crippen molar-refractivity contribution in [2.24, 2.45) is 0 Å². The summed E-state index contributed by atoms with van der Waals surface area (Å²) in [6, 6.07) is 16.7. The molecule has 31 heavy (non-hydrogen) atoms. The molecule has 0 radical (unpaired) electrons. The molecule has 0 aliphatic heterocycles. The van der Waals surface area contributed by atoms with Crippen LogP contribution in [0.1, 0.15) is 5.56 Å². The SMILES string of the molecule is O=C(O)CNc1nc(NCCc2ccccc2)cc(-c2cccc(OC(F)(F)F)c2)n1. The molecule has 0 amide bonds. The summed E-state index contributed by atoms with van der Waals surface area (Å²) in [5.41, 5.74) is 1.77. The van der Waals surface area contributed by atoms with E-state index in [1.165, 1.54) is 18.2 Å². The zero-order chi connectivity index (χ0) is 22.3. The van der Waals surface area contributed by atoms with E-state index < -0.39 is 18.9 Å². The summed E-state index contributed by atoms with van der Waals surface area (Å²) in [7, 11) is 0. The van der Waals surface area contributed by atoms with Gasteiger partial charge >= 0.3 is 12.3 Å². The van der Waals surface area contributed by atoms with Crippen molar-refractivity contribution < 1.29 is 27.8 Å². The lowest BCUT2D eigenvalue weighted by Crippen LogP contribution is -2.17. The summed E-state index contributed by atoms with van der Waals surface area (Å²) < 4.78 is 41.6. The second-order valence-electron chi connectivity index (χ2n) is 6.45. The van der Waals surface area contributed by atoms with Crippen molar-refractivity contribution in [2.75, 3.05) is 23.7 Å². The van der Waals surface area contributed by atoms with Gasteiger partial charge in [-0.1, -0.05) is 42.5 Å². The van der Waals surface area contributed by atoms with Crippen LogP contribution in [0.25, 0.3) is 11.3 Å². The van der Waals surface area contributed by atoms with Gasteiger partial charge in [0.15, 0.2) is 0 Å². The number of carbonyl (C=O) groups is 1. The molecule has 0 fully saturated rings. The molecule has 2 aromatic carbocycles. The van der Waals surface area contributed by atoms with Gasteiger partial charge in [0.25, 0.3) is 0 Å². The fraction of sp³-hybridized carbons (Fsp3) is 0.190. The van der Waals surface area contributed by atoms with Gasteiger partial charge in [-0.3, -0.25) is 4.79 Å². The number of aliphatic carboxylic acids is 1. The van der Waals surface area contributed by atoms with Gasteiger partial charge < -0.3 is 20.5 Å². The van der Waals surface area contributed by atoms with Crippen LogP contribution < -0.4 is 15.4 Å². The van der Waals surface area contributed by atoms with Crippen molar-refractivity contribution in [2.45, 2.75) is 12.8 Å². The highest BCUT2D eigenvalue weighted by Crippen LogP contribution is 2.28. The fourth-order valence-corrected chi connectivity index (χ4v) is 2.75. The highest BCUT2D eigenvalue weighted by atomic mass is 19.4. The summed E-state index contributed by atoms with van der Waals surface area (Å²) in [6.45, 7) is 0.125. The predicted octanol–water partition coefficient (Wildman–Crippen LogP) is 4.19. The smallest absolute Gasteiger partial charge is 0.480 e. The summed E-state index contributed by atoms with van der Waals surface area (Å²) in [5.74, 6) is -1.06. The number of ether oxygens (including phenoxy) is 1.